The molecule has 4 rings (SSSR count). The van der Waals surface area contributed by atoms with E-state index in [2.05, 4.69) is 79.7 Å². The summed E-state index contributed by atoms with van der Waals surface area (Å²) in [6.45, 7) is 2.27. The van der Waals surface area contributed by atoms with E-state index in [9.17, 15) is 0 Å². The largest absolute Gasteiger partial charge is 0.0674 e. The minimum absolute atomic E-state index is 1.16. The van der Waals surface area contributed by atoms with Gasteiger partial charge in [-0.1, -0.05) is 92.6 Å². The Morgan fingerprint density at radius 3 is 2.50 bits per heavy atom. The van der Waals surface area contributed by atoms with Gasteiger partial charge in [-0.3, -0.25) is 0 Å². The molecule has 0 aromatic heterocycles. The second-order valence-electron chi connectivity index (χ2n) is 6.61. The lowest BCUT2D eigenvalue weighted by molar-refractivity contribution is 0.716. The van der Waals surface area contributed by atoms with Gasteiger partial charge >= 0.3 is 0 Å². The van der Waals surface area contributed by atoms with Crippen LogP contribution < -0.4 is 0 Å². The van der Waals surface area contributed by atoms with Crippen molar-refractivity contribution in [1.82, 2.24) is 0 Å². The van der Waals surface area contributed by atoms with E-state index in [1.807, 2.05) is 0 Å². The molecule has 0 heteroatoms. The molecular weight excluding hydrogens is 288 g/mol. The molecule has 119 valence electrons. The Hall–Kier alpha value is -2.34. The summed E-state index contributed by atoms with van der Waals surface area (Å²) in [5.41, 5.74) is 5.62. The van der Waals surface area contributed by atoms with Crippen molar-refractivity contribution in [3.63, 3.8) is 0 Å². The molecule has 0 fully saturated rings. The standard InChI is InChI=1S/C24H23/c1-2-3-4-11-20-15-14-19-10-6-8-13-22(19)24(20)23-17-16-18-9-5-7-12-21(18)23/h5-10,12-17H,2-4,11H2,1H3. The number of rotatable bonds is 5. The number of aryl methyl sites for hydroxylation is 1. The fraction of sp³-hybridized carbons (Fsp3) is 0.208. The van der Waals surface area contributed by atoms with E-state index in [0.717, 1.165) is 6.42 Å². The smallest absolute Gasteiger partial charge is 0.0572 e. The highest BCUT2D eigenvalue weighted by atomic mass is 14.3. The highest BCUT2D eigenvalue weighted by Gasteiger charge is 2.23. The maximum atomic E-state index is 2.34. The third-order valence-electron chi connectivity index (χ3n) is 5.01. The van der Waals surface area contributed by atoms with Crippen molar-refractivity contribution in [1.29, 1.82) is 0 Å². The zero-order valence-electron chi connectivity index (χ0n) is 14.3. The van der Waals surface area contributed by atoms with Crippen molar-refractivity contribution in [2.75, 3.05) is 0 Å². The fourth-order valence-corrected chi connectivity index (χ4v) is 3.78. The normalized spacial score (nSPS) is 13.5. The van der Waals surface area contributed by atoms with Crippen LogP contribution in [0.1, 0.15) is 48.4 Å². The van der Waals surface area contributed by atoms with E-state index in [4.69, 9.17) is 0 Å². The summed E-state index contributed by atoms with van der Waals surface area (Å²) in [6.07, 6.45) is 9.54. The third-order valence-corrected chi connectivity index (χ3v) is 5.01. The zero-order valence-corrected chi connectivity index (χ0v) is 14.3. The SMILES string of the molecule is CCCCCc1ccc2ccccc2c1[C]1C=Cc2ccccc21. The van der Waals surface area contributed by atoms with Gasteiger partial charge in [-0.05, 0) is 45.9 Å². The van der Waals surface area contributed by atoms with Gasteiger partial charge in [0.25, 0.3) is 0 Å². The topological polar surface area (TPSA) is 0 Å². The predicted octanol–water partition coefficient (Wildman–Crippen LogP) is 6.57. The Kier molecular flexibility index (Phi) is 4.21. The minimum atomic E-state index is 1.16. The zero-order chi connectivity index (χ0) is 16.4. The van der Waals surface area contributed by atoms with Gasteiger partial charge in [0.05, 0.1) is 5.92 Å². The number of benzene rings is 3. The van der Waals surface area contributed by atoms with Crippen LogP contribution >= 0.6 is 0 Å². The lowest BCUT2D eigenvalue weighted by Crippen LogP contribution is -2.03. The summed E-state index contributed by atoms with van der Waals surface area (Å²) in [6, 6.07) is 22.1. The second-order valence-corrected chi connectivity index (χ2v) is 6.61. The van der Waals surface area contributed by atoms with E-state index in [1.54, 1.807) is 0 Å². The number of allylic oxidation sites excluding steroid dienone is 1. The second kappa shape index (κ2) is 6.65. The van der Waals surface area contributed by atoms with Gasteiger partial charge in [0.1, 0.15) is 0 Å². The van der Waals surface area contributed by atoms with E-state index >= 15 is 0 Å². The van der Waals surface area contributed by atoms with Crippen molar-refractivity contribution in [2.24, 2.45) is 0 Å². The van der Waals surface area contributed by atoms with Gasteiger partial charge in [-0.15, -0.1) is 0 Å². The monoisotopic (exact) mass is 311 g/mol. The first-order chi connectivity index (χ1) is 11.9. The van der Waals surface area contributed by atoms with Crippen molar-refractivity contribution in [2.45, 2.75) is 32.6 Å². The van der Waals surface area contributed by atoms with Crippen LogP contribution in [0.5, 0.6) is 0 Å². The maximum absolute atomic E-state index is 2.34. The Balaban J connectivity index is 1.86. The first kappa shape index (κ1) is 15.2. The lowest BCUT2D eigenvalue weighted by Gasteiger charge is -2.19. The number of hydrogen-bond acceptors (Lipinski definition) is 0. The quantitative estimate of drug-likeness (QED) is 0.467. The van der Waals surface area contributed by atoms with Crippen LogP contribution in [0.25, 0.3) is 16.8 Å². The summed E-state index contributed by atoms with van der Waals surface area (Å²) in [4.78, 5) is 0. The highest BCUT2D eigenvalue weighted by molar-refractivity contribution is 5.92. The predicted molar refractivity (Wildman–Crippen MR) is 104 cm³/mol. The van der Waals surface area contributed by atoms with Crippen molar-refractivity contribution < 1.29 is 0 Å². The summed E-state index contributed by atoms with van der Waals surface area (Å²) < 4.78 is 0. The van der Waals surface area contributed by atoms with Crippen LogP contribution in [0.2, 0.25) is 0 Å². The van der Waals surface area contributed by atoms with Crippen LogP contribution in [-0.2, 0) is 6.42 Å². The number of hydrogen-bond donors (Lipinski definition) is 0. The number of unbranched alkanes of at least 4 members (excludes halogenated alkanes) is 2. The fourth-order valence-electron chi connectivity index (χ4n) is 3.78. The number of fused-ring (bicyclic) bond motifs is 2. The molecular formula is C24H23. The average Bonchev–Trinajstić information content (AvgIpc) is 3.05. The molecule has 1 aliphatic rings. The Bertz CT molecular complexity index is 885. The molecule has 3 aromatic rings. The Morgan fingerprint density at radius 1 is 0.750 bits per heavy atom. The van der Waals surface area contributed by atoms with E-state index < -0.39 is 0 Å². The van der Waals surface area contributed by atoms with E-state index in [1.165, 1.54) is 58.2 Å². The molecule has 1 radical (unpaired) electrons. The molecule has 24 heavy (non-hydrogen) atoms. The molecule has 0 saturated heterocycles. The first-order valence-corrected chi connectivity index (χ1v) is 9.04. The Morgan fingerprint density at radius 2 is 1.58 bits per heavy atom. The lowest BCUT2D eigenvalue weighted by atomic mass is 9.84. The van der Waals surface area contributed by atoms with Crippen LogP contribution in [0.3, 0.4) is 0 Å². The average molecular weight is 311 g/mol. The van der Waals surface area contributed by atoms with Crippen molar-refractivity contribution in [3.8, 4) is 0 Å². The summed E-state index contributed by atoms with van der Waals surface area (Å²) >= 11 is 0. The van der Waals surface area contributed by atoms with Crippen LogP contribution in [0.4, 0.5) is 0 Å². The van der Waals surface area contributed by atoms with Gasteiger partial charge in [-0.25, -0.2) is 0 Å². The van der Waals surface area contributed by atoms with Crippen molar-refractivity contribution in [3.05, 3.63) is 94.9 Å². The van der Waals surface area contributed by atoms with Gasteiger partial charge in [0, 0.05) is 0 Å². The van der Waals surface area contributed by atoms with E-state index in [-0.39, 0.29) is 0 Å². The van der Waals surface area contributed by atoms with Gasteiger partial charge in [-0.2, -0.15) is 0 Å². The maximum Gasteiger partial charge on any atom is 0.0572 e. The van der Waals surface area contributed by atoms with Crippen LogP contribution in [0, 0.1) is 5.92 Å². The van der Waals surface area contributed by atoms with E-state index in [0.29, 0.717) is 0 Å². The molecule has 0 N–H and O–H groups in total. The molecule has 0 spiro atoms. The summed E-state index contributed by atoms with van der Waals surface area (Å²) in [5.74, 6) is 1.38. The van der Waals surface area contributed by atoms with Gasteiger partial charge < -0.3 is 0 Å². The molecule has 3 aromatic carbocycles. The molecule has 0 bridgehead atoms. The van der Waals surface area contributed by atoms with Gasteiger partial charge in [0.15, 0.2) is 0 Å². The first-order valence-electron chi connectivity index (χ1n) is 9.04. The molecule has 0 unspecified atom stereocenters. The molecule has 0 atom stereocenters. The minimum Gasteiger partial charge on any atom is -0.0674 e. The molecule has 1 aliphatic carbocycles. The van der Waals surface area contributed by atoms with Gasteiger partial charge in [0.2, 0.25) is 0 Å². The third kappa shape index (κ3) is 2.67. The van der Waals surface area contributed by atoms with Crippen LogP contribution in [0.15, 0.2) is 66.7 Å². The molecule has 0 heterocycles. The summed E-state index contributed by atoms with van der Waals surface area (Å²) in [5, 5.41) is 2.71. The highest BCUT2D eigenvalue weighted by Crippen LogP contribution is 2.39. The Labute approximate surface area is 144 Å². The van der Waals surface area contributed by atoms with Crippen molar-refractivity contribution >= 4 is 16.8 Å². The molecule has 0 amide bonds. The van der Waals surface area contributed by atoms with Crippen LogP contribution in [-0.4, -0.2) is 0 Å². The molecule has 0 saturated carbocycles. The molecule has 0 aliphatic heterocycles. The molecule has 0 nitrogen and oxygen atoms in total. The summed E-state index contributed by atoms with van der Waals surface area (Å²) in [7, 11) is 0.